The van der Waals surface area contributed by atoms with Crippen LogP contribution in [0.4, 0.5) is 28.0 Å². The predicted molar refractivity (Wildman–Crippen MR) is 69.6 cm³/mol. The lowest BCUT2D eigenvalue weighted by atomic mass is 10.1. The third-order valence-electron chi connectivity index (χ3n) is 2.71. The maximum absolute atomic E-state index is 12.9. The highest BCUT2D eigenvalue weighted by Crippen LogP contribution is 2.35. The second-order valence-electron chi connectivity index (χ2n) is 4.45. The molecular formula is C13H14F4N2O3. The first kappa shape index (κ1) is 17.7. The molecule has 0 saturated carbocycles. The van der Waals surface area contributed by atoms with E-state index in [1.54, 1.807) is 0 Å². The van der Waals surface area contributed by atoms with Crippen LogP contribution in [0.1, 0.15) is 12.5 Å². The van der Waals surface area contributed by atoms with Gasteiger partial charge in [0.05, 0.1) is 24.3 Å². The summed E-state index contributed by atoms with van der Waals surface area (Å²) in [5.41, 5.74) is -1.89. The smallest absolute Gasteiger partial charge is 0.418 e. The molecule has 0 aliphatic rings. The number of hydrogen-bond donors (Lipinski definition) is 2. The van der Waals surface area contributed by atoms with Crippen molar-refractivity contribution in [3.63, 3.8) is 0 Å². The molecule has 0 unspecified atom stereocenters. The highest BCUT2D eigenvalue weighted by atomic mass is 19.4. The number of carbonyl (C=O) groups is 2. The van der Waals surface area contributed by atoms with Crippen LogP contribution in [0.25, 0.3) is 0 Å². The van der Waals surface area contributed by atoms with Gasteiger partial charge in [-0.3, -0.25) is 4.79 Å². The van der Waals surface area contributed by atoms with Crippen LogP contribution in [0, 0.1) is 11.7 Å². The Hall–Kier alpha value is -2.32. The van der Waals surface area contributed by atoms with Crippen molar-refractivity contribution in [1.82, 2.24) is 5.32 Å². The summed E-state index contributed by atoms with van der Waals surface area (Å²) in [4.78, 5) is 22.7. The molecule has 22 heavy (non-hydrogen) atoms. The zero-order valence-electron chi connectivity index (χ0n) is 11.8. The summed E-state index contributed by atoms with van der Waals surface area (Å²) in [6.45, 7) is 1.35. The van der Waals surface area contributed by atoms with E-state index in [1.807, 2.05) is 5.32 Å². The number of urea groups is 1. The number of ether oxygens (including phenoxy) is 1. The second-order valence-corrected chi connectivity index (χ2v) is 4.45. The molecule has 0 aromatic heterocycles. The number of carbonyl (C=O) groups excluding carboxylic acids is 2. The molecule has 0 heterocycles. The topological polar surface area (TPSA) is 67.4 Å². The number of amides is 2. The highest BCUT2D eigenvalue weighted by molar-refractivity contribution is 5.90. The summed E-state index contributed by atoms with van der Waals surface area (Å²) in [5, 5.41) is 4.20. The van der Waals surface area contributed by atoms with Gasteiger partial charge in [0, 0.05) is 6.54 Å². The quantitative estimate of drug-likeness (QED) is 0.662. The van der Waals surface area contributed by atoms with Crippen LogP contribution in [0.15, 0.2) is 18.2 Å². The van der Waals surface area contributed by atoms with Gasteiger partial charge >= 0.3 is 18.2 Å². The van der Waals surface area contributed by atoms with E-state index >= 15 is 0 Å². The lowest BCUT2D eigenvalue weighted by Crippen LogP contribution is -2.35. The van der Waals surface area contributed by atoms with Gasteiger partial charge in [-0.1, -0.05) is 6.92 Å². The Morgan fingerprint density at radius 3 is 2.50 bits per heavy atom. The highest BCUT2D eigenvalue weighted by Gasteiger charge is 2.34. The maximum Gasteiger partial charge on any atom is 0.418 e. The van der Waals surface area contributed by atoms with Crippen LogP contribution in [-0.4, -0.2) is 25.7 Å². The normalized spacial score (nSPS) is 12.5. The molecule has 0 fully saturated rings. The van der Waals surface area contributed by atoms with Gasteiger partial charge in [0.25, 0.3) is 0 Å². The lowest BCUT2D eigenvalue weighted by molar-refractivity contribution is -0.144. The Morgan fingerprint density at radius 2 is 1.95 bits per heavy atom. The Morgan fingerprint density at radius 1 is 1.32 bits per heavy atom. The Labute approximate surface area is 123 Å². The molecule has 1 aromatic carbocycles. The number of halogens is 4. The number of anilines is 1. The third kappa shape index (κ3) is 4.90. The number of alkyl halides is 3. The van der Waals surface area contributed by atoms with E-state index in [1.165, 1.54) is 14.0 Å². The molecule has 5 nitrogen and oxygen atoms in total. The molecular weight excluding hydrogens is 308 g/mol. The summed E-state index contributed by atoms with van der Waals surface area (Å²) in [7, 11) is 1.17. The fourth-order valence-electron chi connectivity index (χ4n) is 1.56. The van der Waals surface area contributed by atoms with Crippen LogP contribution < -0.4 is 10.6 Å². The monoisotopic (exact) mass is 322 g/mol. The summed E-state index contributed by atoms with van der Waals surface area (Å²) in [5.74, 6) is -2.30. The van der Waals surface area contributed by atoms with E-state index < -0.39 is 41.2 Å². The molecule has 1 atom stereocenters. The Balaban J connectivity index is 2.75. The zero-order valence-corrected chi connectivity index (χ0v) is 11.8. The SMILES string of the molecule is COC(=O)[C@H](C)CNC(=O)Nc1ccc(F)cc1C(F)(F)F. The molecule has 9 heteroatoms. The van der Waals surface area contributed by atoms with Gasteiger partial charge < -0.3 is 15.4 Å². The number of esters is 1. The first-order valence-electron chi connectivity index (χ1n) is 6.14. The van der Waals surface area contributed by atoms with E-state index in [4.69, 9.17) is 0 Å². The van der Waals surface area contributed by atoms with Crippen LogP contribution in [-0.2, 0) is 15.7 Å². The Kier molecular flexibility index (Phi) is 5.72. The summed E-state index contributed by atoms with van der Waals surface area (Å²) < 4.78 is 55.6. The van der Waals surface area contributed by atoms with E-state index in [-0.39, 0.29) is 12.6 Å². The zero-order chi connectivity index (χ0) is 16.9. The standard InChI is InChI=1S/C13H14F4N2O3/c1-7(11(20)22-2)6-18-12(21)19-10-4-3-8(14)5-9(10)13(15,16)17/h3-5,7H,6H2,1-2H3,(H2,18,19,21)/t7-/m1/s1. The van der Waals surface area contributed by atoms with Gasteiger partial charge in [-0.15, -0.1) is 0 Å². The van der Waals surface area contributed by atoms with Crippen LogP contribution in [0.2, 0.25) is 0 Å². The van der Waals surface area contributed by atoms with Crippen LogP contribution in [0.5, 0.6) is 0 Å². The summed E-state index contributed by atoms with van der Waals surface area (Å²) >= 11 is 0. The van der Waals surface area contributed by atoms with Crippen LogP contribution in [0.3, 0.4) is 0 Å². The van der Waals surface area contributed by atoms with E-state index in [0.29, 0.717) is 0 Å². The largest absolute Gasteiger partial charge is 0.469 e. The van der Waals surface area contributed by atoms with Gasteiger partial charge in [0.15, 0.2) is 0 Å². The van der Waals surface area contributed by atoms with E-state index in [9.17, 15) is 27.2 Å². The first-order chi connectivity index (χ1) is 10.1. The molecule has 122 valence electrons. The van der Waals surface area contributed by atoms with Crippen LogP contribution >= 0.6 is 0 Å². The van der Waals surface area contributed by atoms with Crippen molar-refractivity contribution in [1.29, 1.82) is 0 Å². The summed E-state index contributed by atoms with van der Waals surface area (Å²) in [6, 6.07) is 0.934. The minimum absolute atomic E-state index is 0.124. The molecule has 0 aliphatic heterocycles. The lowest BCUT2D eigenvalue weighted by Gasteiger charge is -2.15. The maximum atomic E-state index is 12.9. The number of benzene rings is 1. The molecule has 1 aromatic rings. The van der Waals surface area contributed by atoms with Gasteiger partial charge in [0.1, 0.15) is 5.82 Å². The van der Waals surface area contributed by atoms with Gasteiger partial charge in [-0.2, -0.15) is 13.2 Å². The fourth-order valence-corrected chi connectivity index (χ4v) is 1.56. The Bertz CT molecular complexity index is 561. The minimum atomic E-state index is -4.82. The molecule has 2 N–H and O–H groups in total. The number of nitrogens with one attached hydrogen (secondary N) is 2. The van der Waals surface area contributed by atoms with Crippen molar-refractivity contribution in [3.05, 3.63) is 29.6 Å². The van der Waals surface area contributed by atoms with Crippen molar-refractivity contribution in [2.45, 2.75) is 13.1 Å². The average Bonchev–Trinajstić information content (AvgIpc) is 2.44. The minimum Gasteiger partial charge on any atom is -0.469 e. The first-order valence-corrected chi connectivity index (χ1v) is 6.14. The number of methoxy groups -OCH3 is 1. The average molecular weight is 322 g/mol. The molecule has 0 bridgehead atoms. The van der Waals surface area contributed by atoms with Crippen molar-refractivity contribution in [2.75, 3.05) is 19.0 Å². The second kappa shape index (κ2) is 7.10. The molecule has 0 aliphatic carbocycles. The molecule has 0 spiro atoms. The third-order valence-corrected chi connectivity index (χ3v) is 2.71. The van der Waals surface area contributed by atoms with Gasteiger partial charge in [0.2, 0.25) is 0 Å². The van der Waals surface area contributed by atoms with Gasteiger partial charge in [-0.05, 0) is 18.2 Å². The van der Waals surface area contributed by atoms with E-state index in [2.05, 4.69) is 10.1 Å². The van der Waals surface area contributed by atoms with Crippen molar-refractivity contribution >= 4 is 17.7 Å². The molecule has 0 radical (unpaired) electrons. The van der Waals surface area contributed by atoms with E-state index in [0.717, 1.165) is 12.1 Å². The van der Waals surface area contributed by atoms with Crippen molar-refractivity contribution in [2.24, 2.45) is 5.92 Å². The molecule has 1 rings (SSSR count). The van der Waals surface area contributed by atoms with Crippen molar-refractivity contribution < 1.29 is 31.9 Å². The fraction of sp³-hybridized carbons (Fsp3) is 0.385. The number of rotatable bonds is 4. The van der Waals surface area contributed by atoms with Crippen molar-refractivity contribution in [3.8, 4) is 0 Å². The molecule has 2 amide bonds. The summed E-state index contributed by atoms with van der Waals surface area (Å²) in [6.07, 6.45) is -4.82. The number of hydrogen-bond acceptors (Lipinski definition) is 3. The van der Waals surface area contributed by atoms with Gasteiger partial charge in [-0.25, -0.2) is 9.18 Å². The predicted octanol–water partition coefficient (Wildman–Crippen LogP) is 2.78. The molecule has 0 saturated heterocycles.